The van der Waals surface area contributed by atoms with Crippen molar-refractivity contribution in [3.63, 3.8) is 0 Å². The minimum absolute atomic E-state index is 0.0740. The van der Waals surface area contributed by atoms with E-state index < -0.39 is 0 Å². The van der Waals surface area contributed by atoms with Crippen molar-refractivity contribution in [2.45, 2.75) is 57.6 Å². The number of halogens is 1. The lowest BCUT2D eigenvalue weighted by molar-refractivity contribution is -0.147. The predicted molar refractivity (Wildman–Crippen MR) is 82.8 cm³/mol. The molecule has 1 aliphatic carbocycles. The van der Waals surface area contributed by atoms with Crippen LogP contribution in [-0.2, 0) is 4.74 Å². The van der Waals surface area contributed by atoms with E-state index in [1.165, 1.54) is 19.3 Å². The Morgan fingerprint density at radius 3 is 2.86 bits per heavy atom. The largest absolute Gasteiger partial charge is 0.375 e. The Balaban J connectivity index is 1.83. The second-order valence-electron chi connectivity index (χ2n) is 6.70. The Hall–Kier alpha value is -0.930. The Kier molecular flexibility index (Phi) is 4.32. The molecule has 21 heavy (non-hydrogen) atoms. The highest BCUT2D eigenvalue weighted by Crippen LogP contribution is 2.47. The van der Waals surface area contributed by atoms with Crippen LogP contribution < -0.4 is 5.32 Å². The lowest BCUT2D eigenvalue weighted by Gasteiger charge is -2.49. The smallest absolute Gasteiger partial charge is 0.128 e. The highest BCUT2D eigenvalue weighted by Gasteiger charge is 2.44. The average molecular weight is 291 g/mol. The van der Waals surface area contributed by atoms with E-state index in [1.807, 2.05) is 19.1 Å². The van der Waals surface area contributed by atoms with E-state index in [0.29, 0.717) is 5.92 Å². The molecule has 3 heteroatoms. The molecule has 1 aromatic carbocycles. The van der Waals surface area contributed by atoms with Crippen LogP contribution in [0.3, 0.4) is 0 Å². The molecule has 116 valence electrons. The molecule has 2 atom stereocenters. The van der Waals surface area contributed by atoms with Gasteiger partial charge in [-0.3, -0.25) is 0 Å². The maximum absolute atomic E-state index is 14.4. The fourth-order valence-corrected chi connectivity index (χ4v) is 3.90. The molecule has 1 aromatic rings. The van der Waals surface area contributed by atoms with E-state index >= 15 is 0 Å². The van der Waals surface area contributed by atoms with Crippen molar-refractivity contribution in [1.29, 1.82) is 0 Å². The van der Waals surface area contributed by atoms with Crippen LogP contribution in [-0.4, -0.2) is 18.8 Å². The van der Waals surface area contributed by atoms with Crippen molar-refractivity contribution >= 4 is 0 Å². The van der Waals surface area contributed by atoms with Crippen LogP contribution in [0.1, 0.15) is 56.2 Å². The van der Waals surface area contributed by atoms with Gasteiger partial charge in [-0.25, -0.2) is 4.39 Å². The SMILES string of the molecule is CCNC(c1ccc(C)cc1F)C1CCOC2(CCC2)C1. The molecule has 3 rings (SSSR count). The van der Waals surface area contributed by atoms with Crippen molar-refractivity contribution in [2.24, 2.45) is 5.92 Å². The first-order valence-electron chi connectivity index (χ1n) is 8.27. The minimum Gasteiger partial charge on any atom is -0.375 e. The zero-order chi connectivity index (χ0) is 14.9. The highest BCUT2D eigenvalue weighted by molar-refractivity contribution is 5.27. The average Bonchev–Trinajstić information content (AvgIpc) is 2.44. The number of aryl methyl sites for hydroxylation is 1. The van der Waals surface area contributed by atoms with Crippen molar-refractivity contribution in [3.8, 4) is 0 Å². The second kappa shape index (κ2) is 6.05. The van der Waals surface area contributed by atoms with E-state index in [0.717, 1.165) is 37.1 Å². The lowest BCUT2D eigenvalue weighted by Crippen LogP contribution is -2.48. The number of benzene rings is 1. The van der Waals surface area contributed by atoms with Crippen LogP contribution in [0.25, 0.3) is 0 Å². The summed E-state index contributed by atoms with van der Waals surface area (Å²) in [6, 6.07) is 5.73. The van der Waals surface area contributed by atoms with Gasteiger partial charge in [-0.05, 0) is 63.1 Å². The summed E-state index contributed by atoms with van der Waals surface area (Å²) >= 11 is 0. The zero-order valence-corrected chi connectivity index (χ0v) is 13.1. The molecule has 2 nitrogen and oxygen atoms in total. The van der Waals surface area contributed by atoms with E-state index in [4.69, 9.17) is 4.74 Å². The van der Waals surface area contributed by atoms with E-state index in [9.17, 15) is 4.39 Å². The third-order valence-electron chi connectivity index (χ3n) is 5.18. The van der Waals surface area contributed by atoms with Gasteiger partial charge in [0.05, 0.1) is 5.60 Å². The molecule has 1 N–H and O–H groups in total. The number of rotatable bonds is 4. The van der Waals surface area contributed by atoms with Crippen LogP contribution in [0.5, 0.6) is 0 Å². The predicted octanol–water partition coefficient (Wildman–Crippen LogP) is 4.13. The van der Waals surface area contributed by atoms with Gasteiger partial charge in [-0.1, -0.05) is 19.1 Å². The Bertz CT molecular complexity index is 498. The fraction of sp³-hybridized carbons (Fsp3) is 0.667. The standard InChI is InChI=1S/C18H26FNO/c1-3-20-17(15-6-5-13(2)11-16(15)19)14-7-10-21-18(12-14)8-4-9-18/h5-6,11,14,17,20H,3-4,7-10,12H2,1-2H3. The first-order chi connectivity index (χ1) is 10.1. The summed E-state index contributed by atoms with van der Waals surface area (Å²) in [5, 5.41) is 3.52. The van der Waals surface area contributed by atoms with Gasteiger partial charge in [-0.2, -0.15) is 0 Å². The second-order valence-corrected chi connectivity index (χ2v) is 6.70. The highest BCUT2D eigenvalue weighted by atomic mass is 19.1. The van der Waals surface area contributed by atoms with Crippen molar-refractivity contribution in [3.05, 3.63) is 35.1 Å². The van der Waals surface area contributed by atoms with E-state index in [2.05, 4.69) is 12.2 Å². The Morgan fingerprint density at radius 1 is 1.43 bits per heavy atom. The van der Waals surface area contributed by atoms with Gasteiger partial charge in [0.25, 0.3) is 0 Å². The summed E-state index contributed by atoms with van der Waals surface area (Å²) < 4.78 is 20.4. The molecule has 2 fully saturated rings. The molecule has 0 amide bonds. The summed E-state index contributed by atoms with van der Waals surface area (Å²) in [6.07, 6.45) is 5.72. The number of hydrogen-bond acceptors (Lipinski definition) is 2. The summed E-state index contributed by atoms with van der Waals surface area (Å²) in [5.74, 6) is 0.395. The van der Waals surface area contributed by atoms with Crippen molar-refractivity contribution in [2.75, 3.05) is 13.2 Å². The number of ether oxygens (including phenoxy) is 1. The summed E-state index contributed by atoms with van der Waals surface area (Å²) in [6.45, 7) is 5.72. The first-order valence-corrected chi connectivity index (χ1v) is 8.27. The van der Waals surface area contributed by atoms with Crippen LogP contribution >= 0.6 is 0 Å². The van der Waals surface area contributed by atoms with Crippen LogP contribution in [0.2, 0.25) is 0 Å². The number of hydrogen-bond donors (Lipinski definition) is 1. The molecule has 2 aliphatic rings. The summed E-state index contributed by atoms with van der Waals surface area (Å²) in [4.78, 5) is 0. The van der Waals surface area contributed by atoms with Gasteiger partial charge in [-0.15, -0.1) is 0 Å². The topological polar surface area (TPSA) is 21.3 Å². The summed E-state index contributed by atoms with van der Waals surface area (Å²) in [5.41, 5.74) is 1.91. The molecule has 0 radical (unpaired) electrons. The van der Waals surface area contributed by atoms with Gasteiger partial charge in [0, 0.05) is 18.2 Å². The van der Waals surface area contributed by atoms with Crippen LogP contribution in [0.15, 0.2) is 18.2 Å². The molecular weight excluding hydrogens is 265 g/mol. The lowest BCUT2D eigenvalue weighted by atomic mass is 9.69. The molecule has 1 aliphatic heterocycles. The van der Waals surface area contributed by atoms with Crippen LogP contribution in [0.4, 0.5) is 4.39 Å². The number of nitrogens with one attached hydrogen (secondary N) is 1. The molecule has 1 saturated heterocycles. The van der Waals surface area contributed by atoms with Crippen molar-refractivity contribution in [1.82, 2.24) is 5.32 Å². The molecule has 0 bridgehead atoms. The molecular formula is C18H26FNO. The van der Waals surface area contributed by atoms with E-state index in [-0.39, 0.29) is 17.5 Å². The molecule has 0 aromatic heterocycles. The quantitative estimate of drug-likeness (QED) is 0.900. The third-order valence-corrected chi connectivity index (χ3v) is 5.18. The fourth-order valence-electron chi connectivity index (χ4n) is 3.90. The summed E-state index contributed by atoms with van der Waals surface area (Å²) in [7, 11) is 0. The molecule has 2 unspecified atom stereocenters. The Labute approximate surface area is 127 Å². The van der Waals surface area contributed by atoms with E-state index in [1.54, 1.807) is 6.07 Å². The van der Waals surface area contributed by atoms with Gasteiger partial charge < -0.3 is 10.1 Å². The molecule has 1 saturated carbocycles. The van der Waals surface area contributed by atoms with Gasteiger partial charge in [0.1, 0.15) is 5.82 Å². The van der Waals surface area contributed by atoms with Crippen molar-refractivity contribution < 1.29 is 9.13 Å². The minimum atomic E-state index is -0.0740. The maximum atomic E-state index is 14.4. The first kappa shape index (κ1) is 15.0. The van der Waals surface area contributed by atoms with Crippen LogP contribution in [0, 0.1) is 18.7 Å². The maximum Gasteiger partial charge on any atom is 0.128 e. The monoisotopic (exact) mass is 291 g/mol. The van der Waals surface area contributed by atoms with Gasteiger partial charge >= 0.3 is 0 Å². The van der Waals surface area contributed by atoms with Gasteiger partial charge in [0.15, 0.2) is 0 Å². The third kappa shape index (κ3) is 3.00. The Morgan fingerprint density at radius 2 is 2.24 bits per heavy atom. The molecule has 1 spiro atoms. The van der Waals surface area contributed by atoms with Gasteiger partial charge in [0.2, 0.25) is 0 Å². The zero-order valence-electron chi connectivity index (χ0n) is 13.1. The molecule has 1 heterocycles. The normalized spacial score (nSPS) is 25.6.